The largest absolute Gasteiger partial charge is 0.479 e. The van der Waals surface area contributed by atoms with Gasteiger partial charge >= 0.3 is 23.9 Å². The van der Waals surface area contributed by atoms with Gasteiger partial charge in [0.1, 0.15) is 18.8 Å². The fourth-order valence-electron chi connectivity index (χ4n) is 7.94. The summed E-state index contributed by atoms with van der Waals surface area (Å²) in [5, 5.41) is 31.3. The van der Waals surface area contributed by atoms with Gasteiger partial charge in [0.15, 0.2) is 24.6 Å². The Labute approximate surface area is 429 Å². The first-order valence-electron chi connectivity index (χ1n) is 27.9. The van der Waals surface area contributed by atoms with Crippen molar-refractivity contribution in [2.24, 2.45) is 0 Å². The first-order valence-corrected chi connectivity index (χ1v) is 27.9. The number of aliphatic carboxylic acids is 1. The summed E-state index contributed by atoms with van der Waals surface area (Å²) in [5.74, 6) is -3.25. The summed E-state index contributed by atoms with van der Waals surface area (Å²) in [5.41, 5.74) is 0. The van der Waals surface area contributed by atoms with Gasteiger partial charge < -0.3 is 39.0 Å². The third-order valence-electron chi connectivity index (χ3n) is 12.3. The molecule has 0 amide bonds. The molecule has 0 aromatic rings. The summed E-state index contributed by atoms with van der Waals surface area (Å²) >= 11 is 0. The number of allylic oxidation sites excluding steroid dienone is 12. The maximum Gasteiger partial charge on any atom is 0.335 e. The Bertz CT molecular complexity index is 1510. The van der Waals surface area contributed by atoms with Crippen LogP contribution in [0.5, 0.6) is 0 Å². The minimum absolute atomic E-state index is 0.0386. The number of hydrogen-bond donors (Lipinski definition) is 3. The molecule has 12 nitrogen and oxygen atoms in total. The number of carbonyl (C=O) groups excluding carboxylic acids is 3. The number of esters is 3. The van der Waals surface area contributed by atoms with Crippen molar-refractivity contribution in [3.05, 3.63) is 72.9 Å². The van der Waals surface area contributed by atoms with Gasteiger partial charge in [-0.15, -0.1) is 0 Å². The third kappa shape index (κ3) is 37.6. The van der Waals surface area contributed by atoms with Crippen LogP contribution in [0.1, 0.15) is 226 Å². The van der Waals surface area contributed by atoms with Crippen molar-refractivity contribution in [2.75, 3.05) is 13.2 Å². The van der Waals surface area contributed by atoms with E-state index in [-0.39, 0.29) is 25.9 Å². The molecule has 0 bridgehead atoms. The van der Waals surface area contributed by atoms with E-state index in [1.807, 2.05) is 12.2 Å². The van der Waals surface area contributed by atoms with Crippen molar-refractivity contribution in [1.82, 2.24) is 0 Å². The lowest BCUT2D eigenvalue weighted by Gasteiger charge is -2.40. The lowest BCUT2D eigenvalue weighted by molar-refractivity contribution is -0.301. The monoisotopic (exact) mass is 999 g/mol. The molecule has 1 aliphatic heterocycles. The molecule has 1 aliphatic rings. The van der Waals surface area contributed by atoms with E-state index < -0.39 is 67.3 Å². The quantitative estimate of drug-likeness (QED) is 0.0228. The van der Waals surface area contributed by atoms with Crippen LogP contribution in [0, 0.1) is 0 Å². The highest BCUT2D eigenvalue weighted by Crippen LogP contribution is 2.26. The lowest BCUT2D eigenvalue weighted by atomic mass is 9.98. The minimum atomic E-state index is -1.92. The SMILES string of the molecule is CC/C=C\C/C=C\C/C=C\C/C=C\CCC(=O)OC(COC(=O)CCCCCCCCC/C=C\CCCCCCCC)COC1OC(C(=O)O)C(O)C(O)C1OC(=O)CCCCCCC/C=C\CCCC. The number of carbonyl (C=O) groups is 4. The van der Waals surface area contributed by atoms with Crippen molar-refractivity contribution >= 4 is 23.9 Å². The molecule has 6 unspecified atom stereocenters. The third-order valence-corrected chi connectivity index (χ3v) is 12.3. The molecule has 12 heteroatoms. The Hall–Kier alpha value is -3.84. The number of aliphatic hydroxyl groups excluding tert-OH is 2. The second kappa shape index (κ2) is 47.2. The fraction of sp³-hybridized carbons (Fsp3) is 0.729. The Balaban J connectivity index is 2.74. The average molecular weight is 999 g/mol. The second-order valence-electron chi connectivity index (χ2n) is 18.8. The molecular formula is C59H98O12. The van der Waals surface area contributed by atoms with E-state index in [1.165, 1.54) is 70.6 Å². The van der Waals surface area contributed by atoms with Crippen molar-refractivity contribution in [1.29, 1.82) is 0 Å². The van der Waals surface area contributed by atoms with E-state index >= 15 is 0 Å². The summed E-state index contributed by atoms with van der Waals surface area (Å²) in [4.78, 5) is 50.9. The molecule has 0 aromatic heterocycles. The zero-order valence-electron chi connectivity index (χ0n) is 44.4. The molecule has 0 saturated carbocycles. The molecule has 0 spiro atoms. The highest BCUT2D eigenvalue weighted by molar-refractivity contribution is 5.74. The van der Waals surface area contributed by atoms with Gasteiger partial charge in [-0.3, -0.25) is 14.4 Å². The van der Waals surface area contributed by atoms with Crippen LogP contribution in [-0.2, 0) is 42.9 Å². The molecule has 0 aliphatic carbocycles. The number of rotatable bonds is 46. The molecular weight excluding hydrogens is 901 g/mol. The number of aliphatic hydroxyl groups is 2. The van der Waals surface area contributed by atoms with Crippen molar-refractivity contribution in [2.45, 2.75) is 263 Å². The number of hydrogen-bond acceptors (Lipinski definition) is 11. The van der Waals surface area contributed by atoms with E-state index in [0.29, 0.717) is 25.7 Å². The smallest absolute Gasteiger partial charge is 0.335 e. The van der Waals surface area contributed by atoms with Crippen LogP contribution in [-0.4, -0.2) is 89.2 Å². The summed E-state index contributed by atoms with van der Waals surface area (Å²) in [6.45, 7) is 5.74. The average Bonchev–Trinajstić information content (AvgIpc) is 3.35. The van der Waals surface area contributed by atoms with Crippen molar-refractivity contribution in [3.63, 3.8) is 0 Å². The van der Waals surface area contributed by atoms with Gasteiger partial charge in [0, 0.05) is 19.3 Å². The first-order chi connectivity index (χ1) is 34.6. The predicted octanol–water partition coefficient (Wildman–Crippen LogP) is 13.8. The van der Waals surface area contributed by atoms with E-state index in [0.717, 1.165) is 89.9 Å². The zero-order chi connectivity index (χ0) is 51.8. The van der Waals surface area contributed by atoms with Gasteiger partial charge in [0.25, 0.3) is 0 Å². The maximum absolute atomic E-state index is 13.1. The summed E-state index contributed by atoms with van der Waals surface area (Å²) in [6.07, 6.45) is 46.2. The van der Waals surface area contributed by atoms with Gasteiger partial charge in [-0.1, -0.05) is 190 Å². The lowest BCUT2D eigenvalue weighted by Crippen LogP contribution is -2.61. The standard InChI is InChI=1S/C59H98O12/c1-4-7-10-13-16-19-22-24-25-26-27-29-31-33-36-39-42-45-51(60)67-48-50(69-52(61)46-43-40-37-35-32-28-23-20-17-14-11-8-5-2)49-68-59-57(55(64)54(63)56(71-59)58(65)66)70-53(62)47-44-41-38-34-30-21-18-15-12-9-6-3/h8,11,15,17-18,20,24-25,28,32,37,40,50,54-57,59,63-64H,4-7,9-10,12-14,16,19,21-23,26-27,29-31,33-36,38-39,41-49H2,1-3H3,(H,65,66)/b11-8-,18-15-,20-17-,25-24-,32-28-,40-37-. The van der Waals surface area contributed by atoms with Crippen LogP contribution in [0.25, 0.3) is 0 Å². The summed E-state index contributed by atoms with van der Waals surface area (Å²) < 4.78 is 28.2. The van der Waals surface area contributed by atoms with Gasteiger partial charge in [0.05, 0.1) is 6.61 Å². The topological polar surface area (TPSA) is 175 Å². The molecule has 1 rings (SSSR count). The van der Waals surface area contributed by atoms with E-state index in [1.54, 1.807) is 0 Å². The fourth-order valence-corrected chi connectivity index (χ4v) is 7.94. The van der Waals surface area contributed by atoms with Crippen LogP contribution in [0.2, 0.25) is 0 Å². The molecule has 1 fully saturated rings. The number of ether oxygens (including phenoxy) is 5. The van der Waals surface area contributed by atoms with Gasteiger partial charge in [-0.25, -0.2) is 4.79 Å². The Morgan fingerprint density at radius 3 is 1.45 bits per heavy atom. The normalized spacial score (nSPS) is 19.0. The first kappa shape index (κ1) is 65.2. The van der Waals surface area contributed by atoms with Crippen molar-refractivity contribution < 1.29 is 58.2 Å². The Morgan fingerprint density at radius 1 is 0.479 bits per heavy atom. The van der Waals surface area contributed by atoms with Crippen LogP contribution in [0.4, 0.5) is 0 Å². The molecule has 3 N–H and O–H groups in total. The Kier molecular flexibility index (Phi) is 43.3. The molecule has 0 aromatic carbocycles. The number of carboxylic acid groups (broad SMARTS) is 1. The molecule has 1 heterocycles. The highest BCUT2D eigenvalue weighted by atomic mass is 16.7. The zero-order valence-corrected chi connectivity index (χ0v) is 44.4. The van der Waals surface area contributed by atoms with Gasteiger partial charge in [0.2, 0.25) is 0 Å². The van der Waals surface area contributed by atoms with Crippen molar-refractivity contribution in [3.8, 4) is 0 Å². The molecule has 406 valence electrons. The summed E-state index contributed by atoms with van der Waals surface area (Å²) in [6, 6.07) is 0. The van der Waals surface area contributed by atoms with Gasteiger partial charge in [-0.2, -0.15) is 0 Å². The highest BCUT2D eigenvalue weighted by Gasteiger charge is 2.50. The summed E-state index contributed by atoms with van der Waals surface area (Å²) in [7, 11) is 0. The molecule has 1 saturated heterocycles. The molecule has 71 heavy (non-hydrogen) atoms. The minimum Gasteiger partial charge on any atom is -0.479 e. The van der Waals surface area contributed by atoms with Gasteiger partial charge in [-0.05, 0) is 89.9 Å². The van der Waals surface area contributed by atoms with Crippen LogP contribution >= 0.6 is 0 Å². The van der Waals surface area contributed by atoms with E-state index in [2.05, 4.69) is 81.5 Å². The molecule has 0 radical (unpaired) electrons. The van der Waals surface area contributed by atoms with E-state index in [9.17, 15) is 34.5 Å². The predicted molar refractivity (Wildman–Crippen MR) is 285 cm³/mol. The molecule has 6 atom stereocenters. The number of unbranched alkanes of at least 4 members (excludes halogenated alkanes) is 20. The van der Waals surface area contributed by atoms with Crippen LogP contribution in [0.15, 0.2) is 72.9 Å². The Morgan fingerprint density at radius 2 is 0.930 bits per heavy atom. The number of carboxylic acids is 1. The van der Waals surface area contributed by atoms with Crippen LogP contribution < -0.4 is 0 Å². The second-order valence-corrected chi connectivity index (χ2v) is 18.8. The van der Waals surface area contributed by atoms with Crippen LogP contribution in [0.3, 0.4) is 0 Å². The van der Waals surface area contributed by atoms with E-state index in [4.69, 9.17) is 23.7 Å². The maximum atomic E-state index is 13.1.